The van der Waals surface area contributed by atoms with Crippen LogP contribution in [0.2, 0.25) is 0 Å². The first-order chi connectivity index (χ1) is 28.3. The maximum atomic E-state index is 5.13. The summed E-state index contributed by atoms with van der Waals surface area (Å²) in [6.45, 7) is 16.0. The van der Waals surface area contributed by atoms with Gasteiger partial charge in [0.15, 0.2) is 5.82 Å². The van der Waals surface area contributed by atoms with E-state index in [-0.39, 0.29) is 0 Å². The van der Waals surface area contributed by atoms with E-state index in [0.29, 0.717) is 5.82 Å². The number of nitrogens with zero attached hydrogens (tertiary/aromatic N) is 2. The Morgan fingerprint density at radius 2 is 0.719 bits per heavy atom. The number of hydrogen-bond acceptors (Lipinski definition) is 2. The van der Waals surface area contributed by atoms with E-state index in [2.05, 4.69) is 170 Å². The van der Waals surface area contributed by atoms with E-state index in [1.165, 1.54) is 38.9 Å². The molecule has 8 aromatic rings. The van der Waals surface area contributed by atoms with Crippen LogP contribution in [0, 0.1) is 0 Å². The molecule has 0 saturated carbocycles. The van der Waals surface area contributed by atoms with Crippen molar-refractivity contribution in [1.82, 2.24) is 9.97 Å². The predicted octanol–water partition coefficient (Wildman–Crippen LogP) is 15.6. The molecule has 0 atom stereocenters. The average Bonchev–Trinajstić information content (AvgIpc) is 3.64. The van der Waals surface area contributed by atoms with Gasteiger partial charge >= 0.3 is 0 Å². The molecule has 7 aromatic carbocycles. The molecule has 0 bridgehead atoms. The van der Waals surface area contributed by atoms with Gasteiger partial charge < -0.3 is 0 Å². The van der Waals surface area contributed by atoms with E-state index in [1.54, 1.807) is 0 Å². The van der Waals surface area contributed by atoms with Crippen LogP contribution in [0.25, 0.3) is 56.2 Å². The van der Waals surface area contributed by atoms with Gasteiger partial charge in [-0.05, 0) is 56.6 Å². The Morgan fingerprint density at radius 3 is 1.30 bits per heavy atom. The van der Waals surface area contributed by atoms with Crippen LogP contribution in [-0.4, -0.2) is 9.97 Å². The molecule has 0 aliphatic heterocycles. The lowest BCUT2D eigenvalue weighted by atomic mass is 9.67. The molecule has 9 rings (SSSR count). The number of benzene rings is 7. The van der Waals surface area contributed by atoms with Gasteiger partial charge in [0, 0.05) is 16.7 Å². The second-order valence-electron chi connectivity index (χ2n) is 12.5. The van der Waals surface area contributed by atoms with Crippen LogP contribution < -0.4 is 0 Å². The lowest BCUT2D eigenvalue weighted by Crippen LogP contribution is -2.28. The molecule has 0 radical (unpaired) electrons. The van der Waals surface area contributed by atoms with Gasteiger partial charge in [0.25, 0.3) is 0 Å². The summed E-state index contributed by atoms with van der Waals surface area (Å²) in [5.41, 5.74) is 14.5. The molecule has 0 unspecified atom stereocenters. The largest absolute Gasteiger partial charge is 0.228 e. The lowest BCUT2D eigenvalue weighted by molar-refractivity contribution is 0.768. The summed E-state index contributed by atoms with van der Waals surface area (Å²) in [5, 5.41) is 0. The Hall–Kier alpha value is -6.38. The smallest absolute Gasteiger partial charge is 0.160 e. The third kappa shape index (κ3) is 8.27. The van der Waals surface area contributed by atoms with Gasteiger partial charge in [0.2, 0.25) is 0 Å². The summed E-state index contributed by atoms with van der Waals surface area (Å²) >= 11 is 0. The fourth-order valence-corrected chi connectivity index (χ4v) is 7.65. The molecule has 1 heterocycles. The van der Waals surface area contributed by atoms with Crippen LogP contribution in [0.3, 0.4) is 0 Å². The number of rotatable bonds is 6. The van der Waals surface area contributed by atoms with Gasteiger partial charge in [0.05, 0.1) is 16.8 Å². The van der Waals surface area contributed by atoms with E-state index in [1.807, 2.05) is 79.7 Å². The third-order valence-corrected chi connectivity index (χ3v) is 9.78. The van der Waals surface area contributed by atoms with Crippen molar-refractivity contribution in [3.8, 4) is 56.2 Å². The topological polar surface area (TPSA) is 25.8 Å². The lowest BCUT2D eigenvalue weighted by Gasteiger charge is -2.34. The molecule has 0 fully saturated rings. The zero-order valence-corrected chi connectivity index (χ0v) is 34.9. The zero-order chi connectivity index (χ0) is 40.6. The number of hydrogen-bond donors (Lipinski definition) is 0. The molecule has 1 aliphatic rings. The van der Waals surface area contributed by atoms with Crippen molar-refractivity contribution in [3.05, 3.63) is 216 Å². The first-order valence-corrected chi connectivity index (χ1v) is 20.8. The van der Waals surface area contributed by atoms with Gasteiger partial charge in [-0.3, -0.25) is 0 Å². The third-order valence-electron chi connectivity index (χ3n) is 9.78. The van der Waals surface area contributed by atoms with E-state index >= 15 is 0 Å². The fraction of sp³-hybridized carbons (Fsp3) is 0.164. The summed E-state index contributed by atoms with van der Waals surface area (Å²) in [7, 11) is 0. The Bertz CT molecular complexity index is 2320. The fourth-order valence-electron chi connectivity index (χ4n) is 7.65. The molecular weight excluding hydrogens is 689 g/mol. The first-order valence-electron chi connectivity index (χ1n) is 20.8. The first kappa shape index (κ1) is 41.8. The molecule has 0 saturated heterocycles. The van der Waals surface area contributed by atoms with Gasteiger partial charge in [-0.2, -0.15) is 0 Å². The van der Waals surface area contributed by atoms with Crippen LogP contribution in [0.5, 0.6) is 0 Å². The second-order valence-corrected chi connectivity index (χ2v) is 12.5. The minimum Gasteiger partial charge on any atom is -0.228 e. The SMILES string of the molecule is CC.CC.CC.CC.c1ccc(-c2cc(-c3cccc(-c4cccc5c4-c4ccccc4C5(c4ccccc4)c4ccccc4)c3)nc(-c3ccccc3)n2)cc1. The van der Waals surface area contributed by atoms with Crippen molar-refractivity contribution in [3.63, 3.8) is 0 Å². The van der Waals surface area contributed by atoms with Crippen molar-refractivity contribution in [1.29, 1.82) is 0 Å². The summed E-state index contributed by atoms with van der Waals surface area (Å²) in [6.07, 6.45) is 0. The van der Waals surface area contributed by atoms with Crippen molar-refractivity contribution in [2.24, 2.45) is 0 Å². The summed E-state index contributed by atoms with van der Waals surface area (Å²) in [6, 6.07) is 69.2. The van der Waals surface area contributed by atoms with Crippen molar-refractivity contribution < 1.29 is 0 Å². The van der Waals surface area contributed by atoms with Crippen LogP contribution in [0.4, 0.5) is 0 Å². The van der Waals surface area contributed by atoms with Gasteiger partial charge in [-0.25, -0.2) is 9.97 Å². The summed E-state index contributed by atoms with van der Waals surface area (Å²) in [4.78, 5) is 10.1. The van der Waals surface area contributed by atoms with Gasteiger partial charge in [-0.1, -0.05) is 237 Å². The maximum absolute atomic E-state index is 5.13. The molecule has 1 aromatic heterocycles. The molecule has 0 N–H and O–H groups in total. The highest BCUT2D eigenvalue weighted by atomic mass is 14.9. The average molecular weight is 745 g/mol. The molecule has 0 amide bonds. The Labute approximate surface area is 342 Å². The minimum atomic E-state index is -0.441. The predicted molar refractivity (Wildman–Crippen MR) is 246 cm³/mol. The quantitative estimate of drug-likeness (QED) is 0.169. The highest BCUT2D eigenvalue weighted by Crippen LogP contribution is 2.58. The second kappa shape index (κ2) is 20.5. The normalized spacial score (nSPS) is 11.3. The van der Waals surface area contributed by atoms with Crippen molar-refractivity contribution >= 4 is 0 Å². The Balaban J connectivity index is 0.000000732. The zero-order valence-electron chi connectivity index (χ0n) is 34.9. The van der Waals surface area contributed by atoms with E-state index in [0.717, 1.165) is 33.6 Å². The van der Waals surface area contributed by atoms with E-state index in [9.17, 15) is 0 Å². The Morgan fingerprint density at radius 1 is 0.316 bits per heavy atom. The molecule has 1 aliphatic carbocycles. The van der Waals surface area contributed by atoms with Gasteiger partial charge in [0.1, 0.15) is 0 Å². The molecule has 2 nitrogen and oxygen atoms in total. The van der Waals surface area contributed by atoms with Crippen LogP contribution in [0.15, 0.2) is 194 Å². The highest BCUT2D eigenvalue weighted by molar-refractivity contribution is 5.96. The molecule has 57 heavy (non-hydrogen) atoms. The molecular formula is C55H56N2. The van der Waals surface area contributed by atoms with Crippen LogP contribution >= 0.6 is 0 Å². The maximum Gasteiger partial charge on any atom is 0.160 e. The van der Waals surface area contributed by atoms with Gasteiger partial charge in [-0.15, -0.1) is 0 Å². The van der Waals surface area contributed by atoms with E-state index in [4.69, 9.17) is 9.97 Å². The molecule has 286 valence electrons. The van der Waals surface area contributed by atoms with Crippen molar-refractivity contribution in [2.45, 2.75) is 60.8 Å². The van der Waals surface area contributed by atoms with Crippen LogP contribution in [0.1, 0.15) is 77.6 Å². The van der Waals surface area contributed by atoms with Crippen LogP contribution in [-0.2, 0) is 5.41 Å². The standard InChI is InChI=1S/C47H32N2.4C2H6/c1-5-17-33(18-6-1)43-32-44(49-46(48-43)34-19-7-2-8-20-34)36-22-15-21-35(31-36)39-28-16-30-42-45(39)40-27-13-14-29-41(40)47(42,37-23-9-3-10-24-37)38-25-11-4-12-26-38;4*1-2/h1-32H;4*1-2H3. The number of fused-ring (bicyclic) bond motifs is 3. The monoisotopic (exact) mass is 744 g/mol. The highest BCUT2D eigenvalue weighted by Gasteiger charge is 2.46. The molecule has 2 heteroatoms. The van der Waals surface area contributed by atoms with Crippen molar-refractivity contribution in [2.75, 3.05) is 0 Å². The number of aromatic nitrogens is 2. The summed E-state index contributed by atoms with van der Waals surface area (Å²) < 4.78 is 0. The summed E-state index contributed by atoms with van der Waals surface area (Å²) in [5.74, 6) is 0.715. The molecule has 0 spiro atoms. The Kier molecular flexibility index (Phi) is 15.0. The van der Waals surface area contributed by atoms with E-state index < -0.39 is 5.41 Å². The minimum absolute atomic E-state index is 0.441.